The van der Waals surface area contributed by atoms with Crippen LogP contribution in [0.25, 0.3) is 0 Å². The van der Waals surface area contributed by atoms with Gasteiger partial charge in [0.1, 0.15) is 0 Å². The van der Waals surface area contributed by atoms with Gasteiger partial charge in [-0.1, -0.05) is 0 Å². The molecule has 3 rings (SSSR count). The molecule has 1 aliphatic carbocycles. The van der Waals surface area contributed by atoms with Crippen molar-refractivity contribution in [2.75, 3.05) is 0 Å². The van der Waals surface area contributed by atoms with E-state index in [9.17, 15) is 19.2 Å². The average Bonchev–Trinajstić information content (AvgIpc) is 2.53. The molecule has 4 atom stereocenters. The summed E-state index contributed by atoms with van der Waals surface area (Å²) >= 11 is 0. The van der Waals surface area contributed by atoms with Crippen molar-refractivity contribution < 1.29 is 28.7 Å². The van der Waals surface area contributed by atoms with Gasteiger partial charge in [0.25, 0.3) is 0 Å². The van der Waals surface area contributed by atoms with E-state index in [4.69, 9.17) is 9.47 Å². The molecule has 0 aromatic carbocycles. The molecular formula is C14H16O6. The second-order valence-corrected chi connectivity index (χ2v) is 5.89. The highest BCUT2D eigenvalue weighted by Gasteiger charge is 2.43. The summed E-state index contributed by atoms with van der Waals surface area (Å²) in [7, 11) is 0. The quantitative estimate of drug-likeness (QED) is 0.485. The number of hydrogen-bond donors (Lipinski definition) is 0. The van der Waals surface area contributed by atoms with Crippen LogP contribution in [-0.2, 0) is 28.7 Å². The lowest BCUT2D eigenvalue weighted by Gasteiger charge is -2.29. The van der Waals surface area contributed by atoms with Gasteiger partial charge in [-0.25, -0.2) is 0 Å². The number of carbonyl (C=O) groups excluding carboxylic acids is 4. The molecule has 0 radical (unpaired) electrons. The third-order valence-corrected chi connectivity index (χ3v) is 4.60. The van der Waals surface area contributed by atoms with Crippen molar-refractivity contribution in [1.29, 1.82) is 0 Å². The molecule has 2 aliphatic heterocycles. The number of cyclic esters (lactones) is 4. The summed E-state index contributed by atoms with van der Waals surface area (Å²) in [5.41, 5.74) is 0. The third-order valence-electron chi connectivity index (χ3n) is 4.60. The molecule has 0 N–H and O–H groups in total. The van der Waals surface area contributed by atoms with Gasteiger partial charge >= 0.3 is 23.9 Å². The minimum atomic E-state index is -0.549. The predicted molar refractivity (Wildman–Crippen MR) is 63.9 cm³/mol. The molecule has 0 aromatic heterocycles. The topological polar surface area (TPSA) is 86.7 Å². The SMILES string of the molecule is O=C1OC(=O)C2CCC1CCC1CC(C2)C(=O)OC1=O. The molecule has 20 heavy (non-hydrogen) atoms. The normalized spacial score (nSPS) is 38.0. The first-order chi connectivity index (χ1) is 9.54. The Hall–Kier alpha value is -1.72. The van der Waals surface area contributed by atoms with Crippen molar-refractivity contribution in [3.63, 3.8) is 0 Å². The molecule has 2 heterocycles. The minimum absolute atomic E-state index is 0.307. The van der Waals surface area contributed by atoms with E-state index in [1.54, 1.807) is 0 Å². The summed E-state index contributed by atoms with van der Waals surface area (Å²) in [6, 6.07) is 0. The van der Waals surface area contributed by atoms with Crippen LogP contribution in [0.5, 0.6) is 0 Å². The fourth-order valence-electron chi connectivity index (χ4n) is 3.36. The lowest BCUT2D eigenvalue weighted by molar-refractivity contribution is -0.173. The zero-order valence-electron chi connectivity index (χ0n) is 11.0. The van der Waals surface area contributed by atoms with Crippen molar-refractivity contribution >= 4 is 23.9 Å². The zero-order chi connectivity index (χ0) is 14.3. The maximum atomic E-state index is 11.9. The molecule has 3 aliphatic rings. The lowest BCUT2D eigenvalue weighted by atomic mass is 9.78. The summed E-state index contributed by atoms with van der Waals surface area (Å²) < 4.78 is 9.65. The first-order valence-electron chi connectivity index (χ1n) is 7.05. The van der Waals surface area contributed by atoms with Crippen LogP contribution in [0.15, 0.2) is 0 Å². The van der Waals surface area contributed by atoms with Gasteiger partial charge in [-0.15, -0.1) is 0 Å². The Morgan fingerprint density at radius 1 is 0.550 bits per heavy atom. The van der Waals surface area contributed by atoms with Gasteiger partial charge in [0.15, 0.2) is 0 Å². The van der Waals surface area contributed by atoms with Crippen molar-refractivity contribution in [2.24, 2.45) is 23.7 Å². The first kappa shape index (κ1) is 13.3. The summed E-state index contributed by atoms with van der Waals surface area (Å²) in [5, 5.41) is 0. The van der Waals surface area contributed by atoms with E-state index in [-0.39, 0.29) is 11.8 Å². The zero-order valence-corrected chi connectivity index (χ0v) is 11.0. The Balaban J connectivity index is 1.89. The van der Waals surface area contributed by atoms with Crippen molar-refractivity contribution in [3.05, 3.63) is 0 Å². The average molecular weight is 280 g/mol. The summed E-state index contributed by atoms with van der Waals surface area (Å²) in [4.78, 5) is 47.1. The molecule has 6 heteroatoms. The maximum absolute atomic E-state index is 11.9. The van der Waals surface area contributed by atoms with Gasteiger partial charge in [0, 0.05) is 0 Å². The number of esters is 4. The molecule has 0 aromatic rings. The fraction of sp³-hybridized carbons (Fsp3) is 0.714. The highest BCUT2D eigenvalue weighted by atomic mass is 16.6. The van der Waals surface area contributed by atoms with Crippen LogP contribution in [-0.4, -0.2) is 23.9 Å². The van der Waals surface area contributed by atoms with Crippen molar-refractivity contribution in [3.8, 4) is 0 Å². The van der Waals surface area contributed by atoms with Crippen LogP contribution >= 0.6 is 0 Å². The van der Waals surface area contributed by atoms with Crippen molar-refractivity contribution in [1.82, 2.24) is 0 Å². The smallest absolute Gasteiger partial charge is 0.316 e. The van der Waals surface area contributed by atoms with E-state index >= 15 is 0 Å². The second kappa shape index (κ2) is 5.00. The predicted octanol–water partition coefficient (Wildman–Crippen LogP) is 0.972. The molecule has 2 saturated heterocycles. The lowest BCUT2D eigenvalue weighted by Crippen LogP contribution is -2.37. The molecule has 4 unspecified atom stereocenters. The molecular weight excluding hydrogens is 264 g/mol. The van der Waals surface area contributed by atoms with Crippen LogP contribution in [0.3, 0.4) is 0 Å². The van der Waals surface area contributed by atoms with E-state index in [0.29, 0.717) is 38.5 Å². The largest absolute Gasteiger partial charge is 0.393 e. The van der Waals surface area contributed by atoms with E-state index in [1.165, 1.54) is 0 Å². The first-order valence-corrected chi connectivity index (χ1v) is 7.05. The molecule has 1 saturated carbocycles. The molecule has 3 fully saturated rings. The van der Waals surface area contributed by atoms with E-state index < -0.39 is 35.7 Å². The van der Waals surface area contributed by atoms with E-state index in [2.05, 4.69) is 0 Å². The van der Waals surface area contributed by atoms with E-state index in [0.717, 1.165) is 0 Å². The number of rotatable bonds is 0. The van der Waals surface area contributed by atoms with Gasteiger partial charge in [-0.05, 0) is 38.5 Å². The maximum Gasteiger partial charge on any atom is 0.316 e. The number of ether oxygens (including phenoxy) is 2. The number of fused-ring (bicyclic) bond motifs is 5. The number of hydrogen-bond acceptors (Lipinski definition) is 6. The highest BCUT2D eigenvalue weighted by molar-refractivity contribution is 5.92. The van der Waals surface area contributed by atoms with Crippen LogP contribution in [0.2, 0.25) is 0 Å². The Kier molecular flexibility index (Phi) is 3.31. The monoisotopic (exact) mass is 280 g/mol. The molecule has 0 spiro atoms. The Morgan fingerprint density at radius 3 is 1.40 bits per heavy atom. The molecule has 0 amide bonds. The summed E-state index contributed by atoms with van der Waals surface area (Å²) in [6.45, 7) is 0. The second-order valence-electron chi connectivity index (χ2n) is 5.89. The summed E-state index contributed by atoms with van der Waals surface area (Å²) in [6.07, 6.45) is 2.86. The van der Waals surface area contributed by atoms with Gasteiger partial charge in [0.2, 0.25) is 0 Å². The summed E-state index contributed by atoms with van der Waals surface area (Å²) in [5.74, 6) is -3.65. The van der Waals surface area contributed by atoms with Crippen LogP contribution in [0, 0.1) is 23.7 Å². The van der Waals surface area contributed by atoms with Gasteiger partial charge in [0.05, 0.1) is 23.7 Å². The third kappa shape index (κ3) is 2.34. The van der Waals surface area contributed by atoms with Crippen LogP contribution in [0.1, 0.15) is 38.5 Å². The molecule has 108 valence electrons. The Labute approximate surface area is 115 Å². The van der Waals surface area contributed by atoms with Gasteiger partial charge < -0.3 is 9.47 Å². The van der Waals surface area contributed by atoms with Crippen LogP contribution < -0.4 is 0 Å². The van der Waals surface area contributed by atoms with Gasteiger partial charge in [-0.2, -0.15) is 0 Å². The highest BCUT2D eigenvalue weighted by Crippen LogP contribution is 2.37. The molecule has 6 nitrogen and oxygen atoms in total. The minimum Gasteiger partial charge on any atom is -0.393 e. The van der Waals surface area contributed by atoms with E-state index in [1.807, 2.05) is 0 Å². The van der Waals surface area contributed by atoms with Gasteiger partial charge in [-0.3, -0.25) is 19.2 Å². The van der Waals surface area contributed by atoms with Crippen LogP contribution in [0.4, 0.5) is 0 Å². The Morgan fingerprint density at radius 2 is 0.900 bits per heavy atom. The van der Waals surface area contributed by atoms with Crippen molar-refractivity contribution in [2.45, 2.75) is 38.5 Å². The number of carbonyl (C=O) groups is 4. The Bertz CT molecular complexity index is 482. The standard InChI is InChI=1S/C14H16O6/c15-11-7-1-3-8(12(16)19-11)5-10-6-9(4-2-7)13(17)20-14(10)18/h7-10H,1-6H2. The fourth-order valence-corrected chi connectivity index (χ4v) is 3.36. The molecule has 4 bridgehead atoms.